The molecule has 1 fully saturated rings. The van der Waals surface area contributed by atoms with Crippen molar-refractivity contribution in [3.8, 4) is 0 Å². The van der Waals surface area contributed by atoms with Crippen LogP contribution in [-0.4, -0.2) is 39.8 Å². The fraction of sp³-hybridized carbons (Fsp3) is 0.250. The van der Waals surface area contributed by atoms with Crippen molar-refractivity contribution in [1.82, 2.24) is 14.9 Å². The summed E-state index contributed by atoms with van der Waals surface area (Å²) in [5, 5.41) is 0. The minimum absolute atomic E-state index is 0.0145. The van der Waals surface area contributed by atoms with Crippen LogP contribution in [0.15, 0.2) is 67.1 Å². The van der Waals surface area contributed by atoms with Crippen LogP contribution < -0.4 is 0 Å². The van der Waals surface area contributed by atoms with Gasteiger partial charge in [0.15, 0.2) is 0 Å². The summed E-state index contributed by atoms with van der Waals surface area (Å²) in [6.45, 7) is 1.31. The number of carbonyl (C=O) groups is 2. The van der Waals surface area contributed by atoms with Crippen LogP contribution in [0, 0.1) is 0 Å². The molecular formula is C24H21N3O3. The van der Waals surface area contributed by atoms with Crippen LogP contribution in [0.25, 0.3) is 0 Å². The molecule has 0 spiro atoms. The summed E-state index contributed by atoms with van der Waals surface area (Å²) < 4.78 is 5.61. The molecular weight excluding hydrogens is 378 g/mol. The molecule has 0 aliphatic carbocycles. The van der Waals surface area contributed by atoms with Gasteiger partial charge in [0, 0.05) is 49.6 Å². The predicted molar refractivity (Wildman–Crippen MR) is 110 cm³/mol. The zero-order valence-electron chi connectivity index (χ0n) is 16.4. The number of amides is 1. The van der Waals surface area contributed by atoms with Crippen molar-refractivity contribution in [2.75, 3.05) is 13.1 Å². The highest BCUT2D eigenvalue weighted by Gasteiger charge is 2.31. The molecule has 150 valence electrons. The van der Waals surface area contributed by atoms with Crippen LogP contribution in [0.4, 0.5) is 0 Å². The molecule has 2 atom stereocenters. The number of hydrogen-bond donors (Lipinski definition) is 0. The highest BCUT2D eigenvalue weighted by atomic mass is 16.5. The third kappa shape index (κ3) is 3.45. The van der Waals surface area contributed by atoms with Crippen molar-refractivity contribution in [2.45, 2.75) is 24.9 Å². The van der Waals surface area contributed by atoms with Crippen LogP contribution in [-0.2, 0) is 11.2 Å². The van der Waals surface area contributed by atoms with Crippen molar-refractivity contribution in [3.05, 3.63) is 95.1 Å². The van der Waals surface area contributed by atoms with Gasteiger partial charge >= 0.3 is 5.97 Å². The van der Waals surface area contributed by atoms with Crippen molar-refractivity contribution in [3.63, 3.8) is 0 Å². The standard InChI is InChI=1S/C24H21N3O3/c28-23(27-11-8-18(15-27)21-14-25-9-10-26-21)17-6-7-20-19(12-17)13-22(30-24(20)29)16-4-2-1-3-5-16/h1-7,9-10,12,14,18,22H,8,11,13,15H2. The summed E-state index contributed by atoms with van der Waals surface area (Å²) in [4.78, 5) is 36.0. The Bertz CT molecular complexity index is 1090. The molecule has 30 heavy (non-hydrogen) atoms. The first-order valence-corrected chi connectivity index (χ1v) is 10.1. The molecule has 6 heteroatoms. The van der Waals surface area contributed by atoms with Gasteiger partial charge in [0.2, 0.25) is 0 Å². The number of fused-ring (bicyclic) bond motifs is 1. The maximum atomic E-state index is 13.1. The quantitative estimate of drug-likeness (QED) is 0.630. The van der Waals surface area contributed by atoms with Gasteiger partial charge in [0.1, 0.15) is 6.10 Å². The van der Waals surface area contributed by atoms with Gasteiger partial charge < -0.3 is 9.64 Å². The van der Waals surface area contributed by atoms with E-state index in [4.69, 9.17) is 4.74 Å². The molecule has 2 aliphatic heterocycles. The van der Waals surface area contributed by atoms with E-state index in [1.807, 2.05) is 41.3 Å². The SMILES string of the molecule is O=C1OC(c2ccccc2)Cc2cc(C(=O)N3CCC(c4cnccn4)C3)ccc21. The minimum Gasteiger partial charge on any atom is -0.454 e. The first-order chi connectivity index (χ1) is 14.7. The molecule has 6 nitrogen and oxygen atoms in total. The molecule has 2 aromatic carbocycles. The molecule has 2 aliphatic rings. The molecule has 0 N–H and O–H groups in total. The van der Waals surface area contributed by atoms with Gasteiger partial charge in [-0.1, -0.05) is 30.3 Å². The molecule has 1 aromatic heterocycles. The summed E-state index contributed by atoms with van der Waals surface area (Å²) >= 11 is 0. The Morgan fingerprint density at radius 2 is 1.97 bits per heavy atom. The van der Waals surface area contributed by atoms with Crippen molar-refractivity contribution < 1.29 is 14.3 Å². The van der Waals surface area contributed by atoms with E-state index in [9.17, 15) is 9.59 Å². The van der Waals surface area contributed by atoms with Crippen LogP contribution in [0.3, 0.4) is 0 Å². The largest absolute Gasteiger partial charge is 0.454 e. The lowest BCUT2D eigenvalue weighted by molar-refractivity contribution is 0.0252. The summed E-state index contributed by atoms with van der Waals surface area (Å²) in [6.07, 6.45) is 6.22. The van der Waals surface area contributed by atoms with Gasteiger partial charge in [-0.2, -0.15) is 0 Å². The lowest BCUT2D eigenvalue weighted by atomic mass is 9.93. The zero-order valence-corrected chi connectivity index (χ0v) is 16.4. The molecule has 0 radical (unpaired) electrons. The van der Waals surface area contributed by atoms with E-state index in [2.05, 4.69) is 9.97 Å². The minimum atomic E-state index is -0.340. The smallest absolute Gasteiger partial charge is 0.339 e. The van der Waals surface area contributed by atoms with Crippen LogP contribution in [0.2, 0.25) is 0 Å². The van der Waals surface area contributed by atoms with E-state index in [0.717, 1.165) is 23.2 Å². The van der Waals surface area contributed by atoms with Crippen LogP contribution in [0.1, 0.15) is 56.0 Å². The fourth-order valence-corrected chi connectivity index (χ4v) is 4.27. The molecule has 1 amide bonds. The average molecular weight is 399 g/mol. The third-order valence-corrected chi connectivity index (χ3v) is 5.87. The van der Waals surface area contributed by atoms with Gasteiger partial charge in [0.25, 0.3) is 5.91 Å². The molecule has 0 bridgehead atoms. The predicted octanol–water partition coefficient (Wildman–Crippen LogP) is 3.56. The number of cyclic esters (lactones) is 1. The van der Waals surface area contributed by atoms with Crippen molar-refractivity contribution in [1.29, 1.82) is 0 Å². The number of ether oxygens (including phenoxy) is 1. The van der Waals surface area contributed by atoms with Gasteiger partial charge in [-0.05, 0) is 35.7 Å². The summed E-state index contributed by atoms with van der Waals surface area (Å²) in [6, 6.07) is 15.0. The lowest BCUT2D eigenvalue weighted by Gasteiger charge is -2.26. The van der Waals surface area contributed by atoms with E-state index in [1.54, 1.807) is 30.7 Å². The van der Waals surface area contributed by atoms with Crippen molar-refractivity contribution in [2.24, 2.45) is 0 Å². The second kappa shape index (κ2) is 7.71. The number of aromatic nitrogens is 2. The number of esters is 1. The Morgan fingerprint density at radius 3 is 2.77 bits per heavy atom. The molecule has 5 rings (SSSR count). The molecule has 1 saturated heterocycles. The number of benzene rings is 2. The zero-order chi connectivity index (χ0) is 20.5. The molecule has 0 saturated carbocycles. The number of rotatable bonds is 3. The van der Waals surface area contributed by atoms with Gasteiger partial charge in [-0.25, -0.2) is 4.79 Å². The number of hydrogen-bond acceptors (Lipinski definition) is 5. The lowest BCUT2D eigenvalue weighted by Crippen LogP contribution is -2.29. The molecule has 2 unspecified atom stereocenters. The third-order valence-electron chi connectivity index (χ3n) is 5.87. The van der Waals surface area contributed by atoms with Gasteiger partial charge in [-0.3, -0.25) is 14.8 Å². The van der Waals surface area contributed by atoms with Crippen molar-refractivity contribution >= 4 is 11.9 Å². The number of carbonyl (C=O) groups excluding carboxylic acids is 2. The Labute approximate surface area is 174 Å². The Morgan fingerprint density at radius 1 is 1.10 bits per heavy atom. The van der Waals surface area contributed by atoms with Crippen LogP contribution in [0.5, 0.6) is 0 Å². The molecule has 3 aromatic rings. The van der Waals surface area contributed by atoms with E-state index in [-0.39, 0.29) is 23.9 Å². The Balaban J connectivity index is 1.35. The van der Waals surface area contributed by atoms with Crippen LogP contribution >= 0.6 is 0 Å². The van der Waals surface area contributed by atoms with Gasteiger partial charge in [0.05, 0.1) is 11.3 Å². The Hall–Kier alpha value is -3.54. The van der Waals surface area contributed by atoms with Gasteiger partial charge in [-0.15, -0.1) is 0 Å². The number of nitrogens with zero attached hydrogens (tertiary/aromatic N) is 3. The maximum absolute atomic E-state index is 13.1. The number of likely N-dealkylation sites (tertiary alicyclic amines) is 1. The van der Waals surface area contributed by atoms with E-state index in [1.165, 1.54) is 0 Å². The normalized spacial score (nSPS) is 20.5. The average Bonchev–Trinajstić information content (AvgIpc) is 3.30. The Kier molecular flexibility index (Phi) is 4.75. The topological polar surface area (TPSA) is 72.4 Å². The molecule has 3 heterocycles. The van der Waals surface area contributed by atoms with E-state index in [0.29, 0.717) is 30.6 Å². The highest BCUT2D eigenvalue weighted by molar-refractivity contribution is 5.98. The first kappa shape index (κ1) is 18.5. The summed E-state index contributed by atoms with van der Waals surface area (Å²) in [5.74, 6) is -0.148. The monoisotopic (exact) mass is 399 g/mol. The van der Waals surface area contributed by atoms with E-state index < -0.39 is 0 Å². The first-order valence-electron chi connectivity index (χ1n) is 10.1. The summed E-state index contributed by atoms with van der Waals surface area (Å²) in [7, 11) is 0. The van der Waals surface area contributed by atoms with E-state index >= 15 is 0 Å². The fourth-order valence-electron chi connectivity index (χ4n) is 4.27. The highest BCUT2D eigenvalue weighted by Crippen LogP contribution is 2.32. The maximum Gasteiger partial charge on any atom is 0.339 e. The second-order valence-corrected chi connectivity index (χ2v) is 7.75. The summed E-state index contributed by atoms with van der Waals surface area (Å²) in [5.41, 5.74) is 3.88. The second-order valence-electron chi connectivity index (χ2n) is 7.75.